The minimum absolute atomic E-state index is 0.0173. The van der Waals surface area contributed by atoms with Gasteiger partial charge in [0.15, 0.2) is 0 Å². The molecule has 31 heavy (non-hydrogen) atoms. The van der Waals surface area contributed by atoms with Crippen LogP contribution in [-0.4, -0.2) is 43.1 Å². The molecule has 3 rings (SSSR count). The Morgan fingerprint density at radius 1 is 1.13 bits per heavy atom. The molecule has 3 amide bonds. The largest absolute Gasteiger partial charge is 0.435 e. The fourth-order valence-electron chi connectivity index (χ4n) is 3.58. The molecule has 0 radical (unpaired) electrons. The highest BCUT2D eigenvalue weighted by atomic mass is 19.3. The van der Waals surface area contributed by atoms with E-state index in [4.69, 9.17) is 0 Å². The smallest absolute Gasteiger partial charge is 0.387 e. The standard InChI is InChI=1S/C23H27F2N3O3/c1-16-4-8-19(9-5-16)27-23(30)26-14-18-3-2-12-28(15-18)21(29)13-17-6-10-20(11-7-17)31-22(24)25/h4-11,18,22H,2-3,12-15H2,1H3,(H2,26,27,30). The van der Waals surface area contributed by atoms with Crippen LogP contribution < -0.4 is 15.4 Å². The molecule has 0 aromatic heterocycles. The predicted octanol–water partition coefficient (Wildman–Crippen LogP) is 4.20. The molecule has 1 aliphatic rings. The second-order valence-electron chi connectivity index (χ2n) is 7.75. The first-order chi connectivity index (χ1) is 14.9. The van der Waals surface area contributed by atoms with Crippen molar-refractivity contribution in [2.75, 3.05) is 25.0 Å². The molecule has 1 aliphatic heterocycles. The fraction of sp³-hybridized carbons (Fsp3) is 0.391. The van der Waals surface area contributed by atoms with Crippen LogP contribution in [0.15, 0.2) is 48.5 Å². The maximum Gasteiger partial charge on any atom is 0.387 e. The molecule has 0 saturated carbocycles. The molecule has 6 nitrogen and oxygen atoms in total. The highest BCUT2D eigenvalue weighted by Gasteiger charge is 2.24. The van der Waals surface area contributed by atoms with E-state index in [0.29, 0.717) is 19.6 Å². The van der Waals surface area contributed by atoms with Gasteiger partial charge in [0.25, 0.3) is 0 Å². The van der Waals surface area contributed by atoms with Crippen molar-refractivity contribution in [2.24, 2.45) is 5.92 Å². The van der Waals surface area contributed by atoms with Crippen LogP contribution in [0, 0.1) is 12.8 Å². The summed E-state index contributed by atoms with van der Waals surface area (Å²) >= 11 is 0. The average Bonchev–Trinajstić information content (AvgIpc) is 2.75. The third kappa shape index (κ3) is 7.24. The van der Waals surface area contributed by atoms with Gasteiger partial charge in [0, 0.05) is 25.3 Å². The quantitative estimate of drug-likeness (QED) is 0.690. The molecule has 1 fully saturated rings. The van der Waals surface area contributed by atoms with Crippen molar-refractivity contribution in [3.05, 3.63) is 59.7 Å². The average molecular weight is 431 g/mol. The third-order valence-electron chi connectivity index (χ3n) is 5.24. The van der Waals surface area contributed by atoms with Crippen LogP contribution in [0.2, 0.25) is 0 Å². The first-order valence-electron chi connectivity index (χ1n) is 10.3. The van der Waals surface area contributed by atoms with Gasteiger partial charge in [-0.05, 0) is 55.5 Å². The molecular weight excluding hydrogens is 404 g/mol. The van der Waals surface area contributed by atoms with Crippen LogP contribution >= 0.6 is 0 Å². The van der Waals surface area contributed by atoms with Gasteiger partial charge in [-0.15, -0.1) is 0 Å². The van der Waals surface area contributed by atoms with Gasteiger partial charge in [-0.1, -0.05) is 29.8 Å². The maximum absolute atomic E-state index is 12.7. The number of nitrogens with zero attached hydrogens (tertiary/aromatic N) is 1. The Labute approximate surface area is 180 Å². The van der Waals surface area contributed by atoms with Crippen LogP contribution in [-0.2, 0) is 11.2 Å². The van der Waals surface area contributed by atoms with Crippen molar-refractivity contribution >= 4 is 17.6 Å². The fourth-order valence-corrected chi connectivity index (χ4v) is 3.58. The first-order valence-corrected chi connectivity index (χ1v) is 10.3. The van der Waals surface area contributed by atoms with Gasteiger partial charge < -0.3 is 20.3 Å². The van der Waals surface area contributed by atoms with Crippen LogP contribution in [0.5, 0.6) is 5.75 Å². The Morgan fingerprint density at radius 3 is 2.52 bits per heavy atom. The molecular formula is C23H27F2N3O3. The van der Waals surface area contributed by atoms with E-state index in [1.807, 2.05) is 31.2 Å². The van der Waals surface area contributed by atoms with E-state index >= 15 is 0 Å². The number of hydrogen-bond acceptors (Lipinski definition) is 3. The van der Waals surface area contributed by atoms with Gasteiger partial charge in [-0.2, -0.15) is 8.78 Å². The van der Waals surface area contributed by atoms with Crippen LogP contribution in [0.3, 0.4) is 0 Å². The number of halogens is 2. The summed E-state index contributed by atoms with van der Waals surface area (Å²) < 4.78 is 28.8. The number of carbonyl (C=O) groups excluding carboxylic acids is 2. The summed E-state index contributed by atoms with van der Waals surface area (Å²) in [5, 5.41) is 5.69. The van der Waals surface area contributed by atoms with E-state index in [0.717, 1.165) is 29.7 Å². The minimum atomic E-state index is -2.87. The van der Waals surface area contributed by atoms with Crippen molar-refractivity contribution < 1.29 is 23.1 Å². The van der Waals surface area contributed by atoms with Gasteiger partial charge in [0.05, 0.1) is 6.42 Å². The predicted molar refractivity (Wildman–Crippen MR) is 114 cm³/mol. The molecule has 2 aromatic rings. The van der Waals surface area contributed by atoms with Crippen molar-refractivity contribution in [3.8, 4) is 5.75 Å². The molecule has 8 heteroatoms. The van der Waals surface area contributed by atoms with Crippen molar-refractivity contribution in [1.82, 2.24) is 10.2 Å². The number of likely N-dealkylation sites (tertiary alicyclic amines) is 1. The molecule has 1 heterocycles. The number of piperidine rings is 1. The topological polar surface area (TPSA) is 70.7 Å². The zero-order chi connectivity index (χ0) is 22.2. The van der Waals surface area contributed by atoms with Crippen molar-refractivity contribution in [3.63, 3.8) is 0 Å². The Morgan fingerprint density at radius 2 is 1.84 bits per heavy atom. The number of aryl methyl sites for hydroxylation is 1. The SMILES string of the molecule is Cc1ccc(NC(=O)NCC2CCCN(C(=O)Cc3ccc(OC(F)F)cc3)C2)cc1. The number of alkyl halides is 2. The van der Waals surface area contributed by atoms with E-state index in [1.54, 1.807) is 17.0 Å². The molecule has 1 unspecified atom stereocenters. The highest BCUT2D eigenvalue weighted by Crippen LogP contribution is 2.19. The van der Waals surface area contributed by atoms with E-state index in [1.165, 1.54) is 12.1 Å². The number of nitrogens with one attached hydrogen (secondary N) is 2. The first kappa shape index (κ1) is 22.5. The normalized spacial score (nSPS) is 16.1. The molecule has 0 bridgehead atoms. The van der Waals surface area contributed by atoms with E-state index in [2.05, 4.69) is 15.4 Å². The zero-order valence-electron chi connectivity index (χ0n) is 17.4. The second-order valence-corrected chi connectivity index (χ2v) is 7.75. The van der Waals surface area contributed by atoms with E-state index in [-0.39, 0.29) is 30.0 Å². The van der Waals surface area contributed by atoms with E-state index < -0.39 is 6.61 Å². The van der Waals surface area contributed by atoms with Crippen LogP contribution in [0.4, 0.5) is 19.3 Å². The van der Waals surface area contributed by atoms with Crippen LogP contribution in [0.1, 0.15) is 24.0 Å². The van der Waals surface area contributed by atoms with Crippen LogP contribution in [0.25, 0.3) is 0 Å². The van der Waals surface area contributed by atoms with Gasteiger partial charge in [0.2, 0.25) is 5.91 Å². The van der Waals surface area contributed by atoms with Gasteiger partial charge in [-0.25, -0.2) is 4.79 Å². The zero-order valence-corrected chi connectivity index (χ0v) is 17.4. The Bertz CT molecular complexity index is 873. The molecule has 2 N–H and O–H groups in total. The number of carbonyl (C=O) groups is 2. The summed E-state index contributed by atoms with van der Waals surface area (Å²) in [5.74, 6) is 0.235. The van der Waals surface area contributed by atoms with E-state index in [9.17, 15) is 18.4 Å². The number of anilines is 1. The molecule has 2 aromatic carbocycles. The number of ether oxygens (including phenoxy) is 1. The molecule has 0 aliphatic carbocycles. The highest BCUT2D eigenvalue weighted by molar-refractivity contribution is 5.89. The molecule has 1 atom stereocenters. The van der Waals surface area contributed by atoms with Gasteiger partial charge >= 0.3 is 12.6 Å². The molecule has 1 saturated heterocycles. The summed E-state index contributed by atoms with van der Waals surface area (Å²) in [7, 11) is 0. The Balaban J connectivity index is 1.44. The summed E-state index contributed by atoms with van der Waals surface area (Å²) in [4.78, 5) is 26.6. The summed E-state index contributed by atoms with van der Waals surface area (Å²) in [6, 6.07) is 13.4. The number of urea groups is 1. The lowest BCUT2D eigenvalue weighted by atomic mass is 9.97. The summed E-state index contributed by atoms with van der Waals surface area (Å²) in [5.41, 5.74) is 2.59. The van der Waals surface area contributed by atoms with Gasteiger partial charge in [-0.3, -0.25) is 4.79 Å². The number of benzene rings is 2. The monoisotopic (exact) mass is 431 g/mol. The maximum atomic E-state index is 12.7. The van der Waals surface area contributed by atoms with Crippen molar-refractivity contribution in [2.45, 2.75) is 32.8 Å². The number of amides is 3. The summed E-state index contributed by atoms with van der Waals surface area (Å²) in [6.07, 6.45) is 2.01. The van der Waals surface area contributed by atoms with Crippen molar-refractivity contribution in [1.29, 1.82) is 0 Å². The Hall–Kier alpha value is -3.16. The minimum Gasteiger partial charge on any atom is -0.435 e. The second kappa shape index (κ2) is 10.7. The third-order valence-corrected chi connectivity index (χ3v) is 5.24. The lowest BCUT2D eigenvalue weighted by Gasteiger charge is -2.33. The number of hydrogen-bond donors (Lipinski definition) is 2. The lowest BCUT2D eigenvalue weighted by Crippen LogP contribution is -2.44. The molecule has 166 valence electrons. The van der Waals surface area contributed by atoms with Gasteiger partial charge in [0.1, 0.15) is 5.75 Å². The number of rotatable bonds is 7. The molecule has 0 spiro atoms. The summed E-state index contributed by atoms with van der Waals surface area (Å²) in [6.45, 7) is 0.858. The lowest BCUT2D eigenvalue weighted by molar-refractivity contribution is -0.132. The Kier molecular flexibility index (Phi) is 7.81.